The van der Waals surface area contributed by atoms with Crippen LogP contribution in [-0.2, 0) is 12.8 Å². The first kappa shape index (κ1) is 25.3. The summed E-state index contributed by atoms with van der Waals surface area (Å²) in [7, 11) is 0. The van der Waals surface area contributed by atoms with Crippen molar-refractivity contribution in [1.82, 2.24) is 4.90 Å². The van der Waals surface area contributed by atoms with Gasteiger partial charge in [0.05, 0.1) is 12.2 Å². The number of allylic oxidation sites excluding steroid dienone is 1. The summed E-state index contributed by atoms with van der Waals surface area (Å²) in [5.41, 5.74) is 8.78. The van der Waals surface area contributed by atoms with Crippen LogP contribution in [0.4, 0.5) is 8.78 Å². The Labute approximate surface area is 217 Å². The third-order valence-corrected chi connectivity index (χ3v) is 7.73. The number of carboxylic acid groups (broad SMARTS) is 1. The van der Waals surface area contributed by atoms with Crippen molar-refractivity contribution in [2.75, 3.05) is 26.3 Å². The fraction of sp³-hybridized carbons (Fsp3) is 0.344. The molecule has 3 aromatic rings. The van der Waals surface area contributed by atoms with Gasteiger partial charge in [-0.1, -0.05) is 36.4 Å². The Bertz CT molecular complexity index is 1320. The van der Waals surface area contributed by atoms with E-state index in [2.05, 4.69) is 29.2 Å². The maximum absolute atomic E-state index is 14.4. The number of aromatic carboxylic acids is 1. The van der Waals surface area contributed by atoms with Gasteiger partial charge >= 0.3 is 5.97 Å². The Balaban J connectivity index is 1.51. The average molecular weight is 502 g/mol. The topological polar surface area (TPSA) is 40.5 Å². The zero-order chi connectivity index (χ0) is 25.9. The van der Waals surface area contributed by atoms with E-state index in [4.69, 9.17) is 0 Å². The minimum atomic E-state index is -0.928. The van der Waals surface area contributed by atoms with Gasteiger partial charge in [-0.2, -0.15) is 0 Å². The number of benzene rings is 3. The van der Waals surface area contributed by atoms with Crippen LogP contribution >= 0.6 is 0 Å². The molecule has 1 aliphatic carbocycles. The monoisotopic (exact) mass is 501 g/mol. The van der Waals surface area contributed by atoms with Gasteiger partial charge in [0, 0.05) is 19.6 Å². The number of carboxylic acids is 1. The molecule has 0 saturated carbocycles. The molecule has 0 spiro atoms. The summed E-state index contributed by atoms with van der Waals surface area (Å²) in [5, 5.41) is 9.55. The fourth-order valence-corrected chi connectivity index (χ4v) is 5.85. The predicted octanol–water partition coefficient (Wildman–Crippen LogP) is 6.96. The van der Waals surface area contributed by atoms with E-state index in [1.54, 1.807) is 18.2 Å². The van der Waals surface area contributed by atoms with Crippen LogP contribution in [0.15, 0.2) is 60.7 Å². The van der Waals surface area contributed by atoms with E-state index in [0.29, 0.717) is 17.9 Å². The molecule has 1 fully saturated rings. The second-order valence-corrected chi connectivity index (χ2v) is 10.4. The highest BCUT2D eigenvalue weighted by atomic mass is 19.1. The summed E-state index contributed by atoms with van der Waals surface area (Å²) in [6.07, 6.45) is 4.04. The average Bonchev–Trinajstić information content (AvgIpc) is 3.06. The zero-order valence-corrected chi connectivity index (χ0v) is 21.3. The van der Waals surface area contributed by atoms with Crippen LogP contribution < -0.4 is 0 Å². The number of halogens is 2. The van der Waals surface area contributed by atoms with E-state index in [0.717, 1.165) is 84.3 Å². The van der Waals surface area contributed by atoms with Crippen LogP contribution in [0, 0.1) is 18.7 Å². The lowest BCUT2D eigenvalue weighted by atomic mass is 9.85. The third-order valence-electron chi connectivity index (χ3n) is 7.73. The second-order valence-electron chi connectivity index (χ2n) is 10.4. The van der Waals surface area contributed by atoms with E-state index < -0.39 is 5.97 Å². The predicted molar refractivity (Wildman–Crippen MR) is 144 cm³/mol. The van der Waals surface area contributed by atoms with E-state index in [-0.39, 0.29) is 12.5 Å². The van der Waals surface area contributed by atoms with Gasteiger partial charge in [-0.25, -0.2) is 9.18 Å². The molecule has 1 heterocycles. The van der Waals surface area contributed by atoms with Crippen molar-refractivity contribution in [2.24, 2.45) is 5.92 Å². The standard InChI is InChI=1S/C32H33F2NO2/c1-21-6-12-27(34)18-30(21)29-5-2-4-25-17-26(32(36)37)11-13-28(25)31(29)24-9-7-22(8-10-24)16-23-19-35(20-23)15-3-14-33/h6-13,17-18,23H,2-5,14-16,19-20H2,1H3,(H,36,37). The van der Waals surface area contributed by atoms with Gasteiger partial charge in [-0.3, -0.25) is 4.39 Å². The Morgan fingerprint density at radius 2 is 1.78 bits per heavy atom. The molecule has 1 N–H and O–H groups in total. The molecule has 2 aliphatic rings. The van der Waals surface area contributed by atoms with Gasteiger partial charge in [-0.05, 0) is 114 Å². The van der Waals surface area contributed by atoms with Gasteiger partial charge in [0.1, 0.15) is 5.82 Å². The number of alkyl halides is 1. The lowest BCUT2D eigenvalue weighted by Crippen LogP contribution is -2.47. The van der Waals surface area contributed by atoms with E-state index in [1.165, 1.54) is 11.6 Å². The molecule has 1 aliphatic heterocycles. The third kappa shape index (κ3) is 5.52. The molecule has 37 heavy (non-hydrogen) atoms. The quantitative estimate of drug-likeness (QED) is 0.363. The van der Waals surface area contributed by atoms with Crippen molar-refractivity contribution in [3.63, 3.8) is 0 Å². The molecule has 3 nitrogen and oxygen atoms in total. The van der Waals surface area contributed by atoms with Crippen LogP contribution in [0.3, 0.4) is 0 Å². The van der Waals surface area contributed by atoms with E-state index in [9.17, 15) is 18.7 Å². The maximum Gasteiger partial charge on any atom is 0.335 e. The van der Waals surface area contributed by atoms with Crippen LogP contribution in [0.5, 0.6) is 0 Å². The van der Waals surface area contributed by atoms with Crippen molar-refractivity contribution in [2.45, 2.75) is 39.0 Å². The van der Waals surface area contributed by atoms with Crippen LogP contribution in [-0.4, -0.2) is 42.3 Å². The molecule has 192 valence electrons. The summed E-state index contributed by atoms with van der Waals surface area (Å²) in [6.45, 7) is 4.64. The fourth-order valence-electron chi connectivity index (χ4n) is 5.85. The molecule has 0 atom stereocenters. The summed E-state index contributed by atoms with van der Waals surface area (Å²) in [6, 6.07) is 19.0. The Hall–Kier alpha value is -3.31. The summed E-state index contributed by atoms with van der Waals surface area (Å²) < 4.78 is 26.8. The number of rotatable bonds is 8. The Morgan fingerprint density at radius 1 is 1.00 bits per heavy atom. The number of hydrogen-bond acceptors (Lipinski definition) is 2. The molecule has 0 amide bonds. The smallest absolute Gasteiger partial charge is 0.335 e. The van der Waals surface area contributed by atoms with Crippen LogP contribution in [0.25, 0.3) is 11.1 Å². The summed E-state index contributed by atoms with van der Waals surface area (Å²) >= 11 is 0. The number of aryl methyl sites for hydroxylation is 2. The first-order chi connectivity index (χ1) is 17.9. The molecule has 0 unspecified atom stereocenters. The largest absolute Gasteiger partial charge is 0.478 e. The molecule has 1 saturated heterocycles. The van der Waals surface area contributed by atoms with Gasteiger partial charge in [0.25, 0.3) is 0 Å². The van der Waals surface area contributed by atoms with Gasteiger partial charge < -0.3 is 10.0 Å². The van der Waals surface area contributed by atoms with E-state index in [1.807, 2.05) is 19.1 Å². The lowest BCUT2D eigenvalue weighted by molar-refractivity contribution is 0.0696. The van der Waals surface area contributed by atoms with Gasteiger partial charge in [-0.15, -0.1) is 0 Å². The number of fused-ring (bicyclic) bond motifs is 1. The first-order valence-corrected chi connectivity index (χ1v) is 13.2. The Kier molecular flexibility index (Phi) is 7.52. The number of likely N-dealkylation sites (tertiary alicyclic amines) is 1. The number of hydrogen-bond donors (Lipinski definition) is 1. The van der Waals surface area contributed by atoms with Crippen molar-refractivity contribution in [3.8, 4) is 0 Å². The van der Waals surface area contributed by atoms with Crippen molar-refractivity contribution < 1.29 is 18.7 Å². The zero-order valence-electron chi connectivity index (χ0n) is 21.3. The number of carbonyl (C=O) groups is 1. The van der Waals surface area contributed by atoms with E-state index >= 15 is 0 Å². The first-order valence-electron chi connectivity index (χ1n) is 13.2. The molecule has 0 bridgehead atoms. The van der Waals surface area contributed by atoms with Crippen LogP contribution in [0.2, 0.25) is 0 Å². The minimum absolute atomic E-state index is 0.254. The summed E-state index contributed by atoms with van der Waals surface area (Å²) in [4.78, 5) is 14.0. The highest BCUT2D eigenvalue weighted by molar-refractivity contribution is 6.01. The molecule has 5 rings (SSSR count). The highest BCUT2D eigenvalue weighted by Crippen LogP contribution is 2.41. The van der Waals surface area contributed by atoms with Crippen molar-refractivity contribution in [3.05, 3.63) is 105 Å². The molecule has 0 aromatic heterocycles. The van der Waals surface area contributed by atoms with Crippen molar-refractivity contribution in [1.29, 1.82) is 0 Å². The highest BCUT2D eigenvalue weighted by Gasteiger charge is 2.26. The summed E-state index contributed by atoms with van der Waals surface area (Å²) in [5.74, 6) is -0.583. The second kappa shape index (κ2) is 11.0. The molecular formula is C32H33F2NO2. The maximum atomic E-state index is 14.4. The molecule has 3 aromatic carbocycles. The van der Waals surface area contributed by atoms with Gasteiger partial charge in [0.15, 0.2) is 0 Å². The molecule has 0 radical (unpaired) electrons. The molecular weight excluding hydrogens is 468 g/mol. The van der Waals surface area contributed by atoms with Gasteiger partial charge in [0.2, 0.25) is 0 Å². The molecule has 5 heteroatoms. The normalized spacial score (nSPS) is 16.3. The SMILES string of the molecule is Cc1ccc(F)cc1C1=C(c2ccc(CC3CN(CCCF)C3)cc2)c2ccc(C(=O)O)cc2CCC1. The minimum Gasteiger partial charge on any atom is -0.478 e. The van der Waals surface area contributed by atoms with Crippen molar-refractivity contribution >= 4 is 17.1 Å². The van der Waals surface area contributed by atoms with Crippen LogP contribution in [0.1, 0.15) is 63.0 Å². The Morgan fingerprint density at radius 3 is 2.51 bits per heavy atom. The number of nitrogens with zero attached hydrogens (tertiary/aromatic N) is 1. The lowest BCUT2D eigenvalue weighted by Gasteiger charge is -2.39.